The maximum atomic E-state index is 5.61. The molecule has 1 aromatic carbocycles. The fourth-order valence-electron chi connectivity index (χ4n) is 1.64. The van der Waals surface area contributed by atoms with E-state index in [1.54, 1.807) is 0 Å². The van der Waals surface area contributed by atoms with Crippen molar-refractivity contribution in [1.82, 2.24) is 5.32 Å². The summed E-state index contributed by atoms with van der Waals surface area (Å²) in [5.74, 6) is 1.66. The molecule has 0 aromatic heterocycles. The van der Waals surface area contributed by atoms with Crippen LogP contribution in [-0.2, 0) is 6.54 Å². The Balaban J connectivity index is 2.72. The first-order chi connectivity index (χ1) is 8.71. The molecule has 1 rings (SSSR count). The van der Waals surface area contributed by atoms with Gasteiger partial charge in [0.2, 0.25) is 0 Å². The lowest BCUT2D eigenvalue weighted by molar-refractivity contribution is 0.287. The Labute approximate surface area is 110 Å². The maximum Gasteiger partial charge on any atom is 0.161 e. The van der Waals surface area contributed by atoms with Crippen LogP contribution in [0.3, 0.4) is 0 Å². The first-order valence-corrected chi connectivity index (χ1v) is 6.83. The van der Waals surface area contributed by atoms with Gasteiger partial charge in [-0.2, -0.15) is 0 Å². The largest absolute Gasteiger partial charge is 0.490 e. The van der Waals surface area contributed by atoms with E-state index < -0.39 is 0 Å². The van der Waals surface area contributed by atoms with E-state index in [0.29, 0.717) is 19.3 Å². The molecule has 0 saturated carbocycles. The molecule has 0 aliphatic rings. The molecule has 0 aliphatic carbocycles. The van der Waals surface area contributed by atoms with Crippen LogP contribution in [-0.4, -0.2) is 19.3 Å². The van der Waals surface area contributed by atoms with E-state index in [-0.39, 0.29) is 0 Å². The van der Waals surface area contributed by atoms with Gasteiger partial charge in [-0.25, -0.2) is 0 Å². The van der Waals surface area contributed by atoms with Gasteiger partial charge in [-0.1, -0.05) is 13.0 Å². The SMILES string of the molecule is CCOc1ccc(CN[C@@H](C)CC)cc1OCC. The van der Waals surface area contributed by atoms with Gasteiger partial charge in [0.25, 0.3) is 0 Å². The summed E-state index contributed by atoms with van der Waals surface area (Å²) in [4.78, 5) is 0. The molecule has 0 fully saturated rings. The standard InChI is InChI=1S/C15H25NO2/c1-5-12(4)16-11-13-8-9-14(17-6-2)15(10-13)18-7-3/h8-10,12,16H,5-7,11H2,1-4H3/t12-/m0/s1. The molecule has 1 N–H and O–H groups in total. The van der Waals surface area contributed by atoms with Gasteiger partial charge < -0.3 is 14.8 Å². The lowest BCUT2D eigenvalue weighted by Crippen LogP contribution is -2.24. The van der Waals surface area contributed by atoms with Crippen LogP contribution in [0.1, 0.15) is 39.7 Å². The molecule has 3 nitrogen and oxygen atoms in total. The van der Waals surface area contributed by atoms with Crippen LogP contribution in [0, 0.1) is 0 Å². The summed E-state index contributed by atoms with van der Waals surface area (Å²) in [5, 5.41) is 3.47. The van der Waals surface area contributed by atoms with Gasteiger partial charge in [0.15, 0.2) is 11.5 Å². The molecule has 1 aromatic rings. The van der Waals surface area contributed by atoms with Gasteiger partial charge in [0.1, 0.15) is 0 Å². The summed E-state index contributed by atoms with van der Waals surface area (Å²) < 4.78 is 11.2. The van der Waals surface area contributed by atoms with Crippen molar-refractivity contribution in [3.05, 3.63) is 23.8 Å². The highest BCUT2D eigenvalue weighted by Gasteiger charge is 2.06. The number of nitrogens with one attached hydrogen (secondary N) is 1. The molecular weight excluding hydrogens is 226 g/mol. The molecule has 3 heteroatoms. The van der Waals surface area contributed by atoms with Gasteiger partial charge >= 0.3 is 0 Å². The van der Waals surface area contributed by atoms with E-state index in [9.17, 15) is 0 Å². The van der Waals surface area contributed by atoms with Crippen molar-refractivity contribution in [1.29, 1.82) is 0 Å². The van der Waals surface area contributed by atoms with E-state index in [0.717, 1.165) is 24.5 Å². The highest BCUT2D eigenvalue weighted by molar-refractivity contribution is 5.43. The van der Waals surface area contributed by atoms with Crippen LogP contribution in [0.4, 0.5) is 0 Å². The zero-order valence-corrected chi connectivity index (χ0v) is 12.0. The summed E-state index contributed by atoms with van der Waals surface area (Å²) in [6, 6.07) is 6.67. The average Bonchev–Trinajstić information content (AvgIpc) is 2.39. The predicted molar refractivity (Wildman–Crippen MR) is 75.4 cm³/mol. The fraction of sp³-hybridized carbons (Fsp3) is 0.600. The van der Waals surface area contributed by atoms with E-state index in [2.05, 4.69) is 31.3 Å². The lowest BCUT2D eigenvalue weighted by Gasteiger charge is -2.14. The average molecular weight is 251 g/mol. The van der Waals surface area contributed by atoms with E-state index in [1.807, 2.05) is 19.9 Å². The number of ether oxygens (including phenoxy) is 2. The van der Waals surface area contributed by atoms with Crippen molar-refractivity contribution in [2.24, 2.45) is 0 Å². The van der Waals surface area contributed by atoms with Crippen LogP contribution < -0.4 is 14.8 Å². The summed E-state index contributed by atoms with van der Waals surface area (Å²) in [6.45, 7) is 10.5. The molecule has 0 spiro atoms. The Hall–Kier alpha value is -1.22. The van der Waals surface area contributed by atoms with Gasteiger partial charge in [-0.3, -0.25) is 0 Å². The normalized spacial score (nSPS) is 12.2. The Bertz CT molecular complexity index is 352. The summed E-state index contributed by atoms with van der Waals surface area (Å²) in [5.41, 5.74) is 1.22. The minimum absolute atomic E-state index is 0.534. The summed E-state index contributed by atoms with van der Waals surface area (Å²) in [7, 11) is 0. The molecule has 0 radical (unpaired) electrons. The maximum absolute atomic E-state index is 5.61. The van der Waals surface area contributed by atoms with Crippen molar-refractivity contribution >= 4 is 0 Å². The zero-order chi connectivity index (χ0) is 13.4. The van der Waals surface area contributed by atoms with Crippen LogP contribution in [0.15, 0.2) is 18.2 Å². The molecular formula is C15H25NO2. The van der Waals surface area contributed by atoms with E-state index in [4.69, 9.17) is 9.47 Å². The smallest absolute Gasteiger partial charge is 0.161 e. The third-order valence-corrected chi connectivity index (χ3v) is 2.87. The fourth-order valence-corrected chi connectivity index (χ4v) is 1.64. The van der Waals surface area contributed by atoms with Gasteiger partial charge in [0.05, 0.1) is 13.2 Å². The van der Waals surface area contributed by atoms with E-state index in [1.165, 1.54) is 5.56 Å². The monoisotopic (exact) mass is 251 g/mol. The Morgan fingerprint density at radius 3 is 2.33 bits per heavy atom. The van der Waals surface area contributed by atoms with Crippen LogP contribution >= 0.6 is 0 Å². The van der Waals surface area contributed by atoms with Crippen LogP contribution in [0.5, 0.6) is 11.5 Å². The number of hydrogen-bond acceptors (Lipinski definition) is 3. The minimum atomic E-state index is 0.534. The van der Waals surface area contributed by atoms with Crippen molar-refractivity contribution in [3.8, 4) is 11.5 Å². The van der Waals surface area contributed by atoms with Crippen molar-refractivity contribution in [2.75, 3.05) is 13.2 Å². The number of rotatable bonds is 8. The number of benzene rings is 1. The van der Waals surface area contributed by atoms with Crippen molar-refractivity contribution < 1.29 is 9.47 Å². The molecule has 1 atom stereocenters. The molecule has 102 valence electrons. The second-order valence-corrected chi connectivity index (χ2v) is 4.34. The first kappa shape index (κ1) is 14.8. The van der Waals surface area contributed by atoms with E-state index >= 15 is 0 Å². The molecule has 18 heavy (non-hydrogen) atoms. The topological polar surface area (TPSA) is 30.5 Å². The molecule has 0 amide bonds. The highest BCUT2D eigenvalue weighted by atomic mass is 16.5. The molecule has 0 bridgehead atoms. The number of hydrogen-bond donors (Lipinski definition) is 1. The summed E-state index contributed by atoms with van der Waals surface area (Å²) in [6.07, 6.45) is 1.13. The predicted octanol–water partition coefficient (Wildman–Crippen LogP) is 3.37. The first-order valence-electron chi connectivity index (χ1n) is 6.83. The zero-order valence-electron chi connectivity index (χ0n) is 12.0. The molecule has 0 unspecified atom stereocenters. The van der Waals surface area contributed by atoms with Gasteiger partial charge in [0, 0.05) is 12.6 Å². The quantitative estimate of drug-likeness (QED) is 0.768. The second-order valence-electron chi connectivity index (χ2n) is 4.34. The van der Waals surface area contributed by atoms with Crippen molar-refractivity contribution in [3.63, 3.8) is 0 Å². The lowest BCUT2D eigenvalue weighted by atomic mass is 10.1. The molecule has 0 heterocycles. The Kier molecular flexibility index (Phi) is 6.58. The second kappa shape index (κ2) is 7.98. The minimum Gasteiger partial charge on any atom is -0.490 e. The third-order valence-electron chi connectivity index (χ3n) is 2.87. The van der Waals surface area contributed by atoms with Crippen LogP contribution in [0.2, 0.25) is 0 Å². The van der Waals surface area contributed by atoms with Gasteiger partial charge in [-0.05, 0) is 44.9 Å². The summed E-state index contributed by atoms with van der Waals surface area (Å²) >= 11 is 0. The Morgan fingerprint density at radius 1 is 1.06 bits per heavy atom. The molecule has 0 saturated heterocycles. The van der Waals surface area contributed by atoms with Gasteiger partial charge in [-0.15, -0.1) is 0 Å². The highest BCUT2D eigenvalue weighted by Crippen LogP contribution is 2.28. The molecule has 0 aliphatic heterocycles. The Morgan fingerprint density at radius 2 is 1.72 bits per heavy atom. The van der Waals surface area contributed by atoms with Crippen LogP contribution in [0.25, 0.3) is 0 Å². The third kappa shape index (κ3) is 4.57. The van der Waals surface area contributed by atoms with Crippen molar-refractivity contribution in [2.45, 2.75) is 46.7 Å².